The third-order valence-corrected chi connectivity index (χ3v) is 12.2. The second-order valence-corrected chi connectivity index (χ2v) is 14.6. The highest BCUT2D eigenvalue weighted by Crippen LogP contribution is 2.67. The predicted molar refractivity (Wildman–Crippen MR) is 179 cm³/mol. The Morgan fingerprint density at radius 2 is 1.45 bits per heavy atom. The van der Waals surface area contributed by atoms with Crippen LogP contribution in [0.25, 0.3) is 10.8 Å². The fraction of sp³-hybridized carbons (Fsp3) is 0.222. The number of alkyl halides is 2. The van der Waals surface area contributed by atoms with Crippen molar-refractivity contribution in [1.29, 1.82) is 0 Å². The van der Waals surface area contributed by atoms with Crippen LogP contribution in [0.1, 0.15) is 24.3 Å². The normalized spacial score (nSPS) is 30.0. The molecule has 0 spiro atoms. The van der Waals surface area contributed by atoms with E-state index < -0.39 is 57.0 Å². The number of phenols is 1. The highest BCUT2D eigenvalue weighted by molar-refractivity contribution is 9.10. The summed E-state index contributed by atoms with van der Waals surface area (Å²) < 4.78 is 14.7. The van der Waals surface area contributed by atoms with Crippen molar-refractivity contribution < 1.29 is 28.7 Å². The second-order valence-electron chi connectivity index (χ2n) is 12.5. The maximum absolute atomic E-state index is 14.6. The maximum Gasteiger partial charge on any atom is 0.258 e. The summed E-state index contributed by atoms with van der Waals surface area (Å²) in [6.07, 6.45) is 1.79. The van der Waals surface area contributed by atoms with E-state index in [0.717, 1.165) is 26.9 Å². The van der Waals surface area contributed by atoms with Crippen molar-refractivity contribution in [2.45, 2.75) is 28.5 Å². The molecule has 2 aliphatic carbocycles. The van der Waals surface area contributed by atoms with Crippen molar-refractivity contribution in [2.75, 3.05) is 9.80 Å². The fourth-order valence-electron chi connectivity index (χ4n) is 8.15. The van der Waals surface area contributed by atoms with Gasteiger partial charge in [0.15, 0.2) is 9.75 Å². The molecule has 3 fully saturated rings. The minimum absolute atomic E-state index is 0.0834. The number of nitrogens with zero attached hydrogens (tertiary/aromatic N) is 2. The molecule has 1 N–H and O–H groups in total. The molecular formula is C36H24BrCl2FN2O5. The Bertz CT molecular complexity index is 2090. The number of fused-ring (bicyclic) bond motifs is 5. The van der Waals surface area contributed by atoms with E-state index in [9.17, 15) is 28.7 Å². The van der Waals surface area contributed by atoms with Gasteiger partial charge in [0.25, 0.3) is 11.8 Å². The molecule has 7 nitrogen and oxygen atoms in total. The van der Waals surface area contributed by atoms with E-state index in [1.54, 1.807) is 42.5 Å². The molecule has 4 aromatic carbocycles. The molecule has 8 rings (SSSR count). The van der Waals surface area contributed by atoms with Gasteiger partial charge >= 0.3 is 0 Å². The van der Waals surface area contributed by atoms with Gasteiger partial charge in [-0.25, -0.2) is 9.29 Å². The lowest BCUT2D eigenvalue weighted by Crippen LogP contribution is -2.60. The molecule has 4 aromatic rings. The second kappa shape index (κ2) is 10.5. The number of carbonyl (C=O) groups excluding carboxylic acids is 4. The molecule has 236 valence electrons. The van der Waals surface area contributed by atoms with E-state index in [4.69, 9.17) is 23.2 Å². The molecule has 4 aliphatic rings. The number of anilines is 2. The minimum atomic E-state index is -2.16. The smallest absolute Gasteiger partial charge is 0.258 e. The van der Waals surface area contributed by atoms with E-state index in [-0.39, 0.29) is 30.2 Å². The monoisotopic (exact) mass is 732 g/mol. The van der Waals surface area contributed by atoms with E-state index >= 15 is 0 Å². The third kappa shape index (κ3) is 4.03. The van der Waals surface area contributed by atoms with Crippen LogP contribution >= 0.6 is 39.1 Å². The largest absolute Gasteiger partial charge is 0.508 e. The number of aromatic hydroxyl groups is 1. The number of carbonyl (C=O) groups is 4. The highest BCUT2D eigenvalue weighted by Gasteiger charge is 2.77. The van der Waals surface area contributed by atoms with Crippen LogP contribution < -0.4 is 9.80 Å². The molecule has 2 aliphatic heterocycles. The van der Waals surface area contributed by atoms with Crippen molar-refractivity contribution in [3.63, 3.8) is 0 Å². The molecule has 0 bridgehead atoms. The van der Waals surface area contributed by atoms with Crippen molar-refractivity contribution >= 4 is 84.9 Å². The van der Waals surface area contributed by atoms with Crippen LogP contribution in [0.2, 0.25) is 0 Å². The van der Waals surface area contributed by atoms with E-state index in [1.807, 2.05) is 18.2 Å². The molecule has 6 unspecified atom stereocenters. The number of amides is 4. The molecule has 0 aromatic heterocycles. The zero-order chi connectivity index (χ0) is 33.0. The van der Waals surface area contributed by atoms with Crippen LogP contribution in [0.4, 0.5) is 15.8 Å². The summed E-state index contributed by atoms with van der Waals surface area (Å²) in [4.78, 5) is 55.0. The summed E-state index contributed by atoms with van der Waals surface area (Å²) in [7, 11) is 0. The number of hydrogen-bond donors (Lipinski definition) is 1. The Balaban J connectivity index is 1.35. The molecule has 47 heavy (non-hydrogen) atoms. The fourth-order valence-corrected chi connectivity index (χ4v) is 9.33. The molecule has 11 heteroatoms. The van der Waals surface area contributed by atoms with Crippen LogP contribution in [-0.2, 0) is 19.2 Å². The maximum atomic E-state index is 14.6. The van der Waals surface area contributed by atoms with Gasteiger partial charge in [-0.3, -0.25) is 24.1 Å². The van der Waals surface area contributed by atoms with Crippen LogP contribution in [0.5, 0.6) is 5.75 Å². The van der Waals surface area contributed by atoms with Gasteiger partial charge in [0.2, 0.25) is 11.8 Å². The van der Waals surface area contributed by atoms with E-state index in [2.05, 4.69) is 15.9 Å². The molecule has 2 saturated heterocycles. The van der Waals surface area contributed by atoms with Gasteiger partial charge in [0.1, 0.15) is 11.6 Å². The van der Waals surface area contributed by atoms with E-state index in [1.165, 1.54) is 23.1 Å². The van der Waals surface area contributed by atoms with Gasteiger partial charge in [-0.2, -0.15) is 0 Å². The summed E-state index contributed by atoms with van der Waals surface area (Å²) in [5, 5.41) is 12.9. The van der Waals surface area contributed by atoms with Crippen molar-refractivity contribution in [2.24, 2.45) is 17.8 Å². The van der Waals surface area contributed by atoms with Gasteiger partial charge in [-0.1, -0.05) is 57.9 Å². The first kappa shape index (κ1) is 30.3. The molecular weight excluding hydrogens is 710 g/mol. The number of hydrogen-bond acceptors (Lipinski definition) is 5. The number of rotatable bonds is 3. The lowest BCUT2D eigenvalue weighted by molar-refractivity contribution is -0.125. The summed E-state index contributed by atoms with van der Waals surface area (Å²) in [5.74, 6) is -6.75. The average molecular weight is 734 g/mol. The number of benzene rings is 4. The van der Waals surface area contributed by atoms with Gasteiger partial charge < -0.3 is 5.11 Å². The molecule has 6 atom stereocenters. The van der Waals surface area contributed by atoms with Crippen molar-refractivity contribution in [1.82, 2.24) is 0 Å². The number of imide groups is 2. The zero-order valence-electron chi connectivity index (χ0n) is 24.4. The Morgan fingerprint density at radius 3 is 2.17 bits per heavy atom. The Kier molecular flexibility index (Phi) is 6.75. The zero-order valence-corrected chi connectivity index (χ0v) is 27.5. The molecule has 2 heterocycles. The molecule has 0 radical (unpaired) electrons. The predicted octanol–water partition coefficient (Wildman–Crippen LogP) is 7.22. The summed E-state index contributed by atoms with van der Waals surface area (Å²) in [6.45, 7) is 0. The molecule has 4 amide bonds. The van der Waals surface area contributed by atoms with Crippen molar-refractivity contribution in [3.05, 3.63) is 112 Å². The number of allylic oxidation sites excluding steroid dienone is 2. The standard InChI is InChI=1S/C36H24BrCl2FN2O5/c37-19-6-10-21(11-7-19)41-31(44)25-15-14-24-26(28(25)32(41)45)17-35(38)33(46)42(22-12-8-20(40)9-13-22)34(47)36(35,39)30(24)29-23-4-2-1-3-18(23)5-16-27(29)43/h1-14,16,25-26,28,30,43H,15,17H2. The summed E-state index contributed by atoms with van der Waals surface area (Å²) in [6, 6.07) is 22.2. The number of halogens is 4. The highest BCUT2D eigenvalue weighted by atomic mass is 79.9. The Morgan fingerprint density at radius 1 is 0.787 bits per heavy atom. The van der Waals surface area contributed by atoms with Crippen LogP contribution in [0.15, 0.2) is 101 Å². The van der Waals surface area contributed by atoms with Gasteiger partial charge in [-0.05, 0) is 84.1 Å². The quantitative estimate of drug-likeness (QED) is 0.136. The van der Waals surface area contributed by atoms with Gasteiger partial charge in [0.05, 0.1) is 23.2 Å². The lowest BCUT2D eigenvalue weighted by Gasteiger charge is -2.51. The Hall–Kier alpha value is -4.05. The van der Waals surface area contributed by atoms with Crippen LogP contribution in [-0.4, -0.2) is 38.5 Å². The van der Waals surface area contributed by atoms with Crippen LogP contribution in [0, 0.1) is 23.6 Å². The number of phenolic OH excluding ortho intramolecular Hbond substituents is 1. The van der Waals surface area contributed by atoms with E-state index in [0.29, 0.717) is 22.2 Å². The first-order valence-corrected chi connectivity index (χ1v) is 16.6. The molecule has 1 saturated carbocycles. The summed E-state index contributed by atoms with van der Waals surface area (Å²) in [5.41, 5.74) is 1.35. The Labute approximate surface area is 286 Å². The SMILES string of the molecule is O=C1C2CC=C3C(CC4(Cl)C(=O)N(c5ccc(F)cc5)C(=O)C4(Cl)C3c3c(O)ccc4ccccc34)C2C(=O)N1c1ccc(Br)cc1. The van der Waals surface area contributed by atoms with Crippen LogP contribution in [0.3, 0.4) is 0 Å². The van der Waals surface area contributed by atoms with Crippen molar-refractivity contribution in [3.8, 4) is 5.75 Å². The summed E-state index contributed by atoms with van der Waals surface area (Å²) >= 11 is 18.3. The topological polar surface area (TPSA) is 95.0 Å². The van der Waals surface area contributed by atoms with Gasteiger partial charge in [-0.15, -0.1) is 23.2 Å². The van der Waals surface area contributed by atoms with Gasteiger partial charge in [0, 0.05) is 16.0 Å². The first-order chi connectivity index (χ1) is 22.5. The average Bonchev–Trinajstić information content (AvgIpc) is 3.40. The third-order valence-electron chi connectivity index (χ3n) is 10.2. The lowest BCUT2D eigenvalue weighted by atomic mass is 9.56. The minimum Gasteiger partial charge on any atom is -0.508 e. The first-order valence-electron chi connectivity index (χ1n) is 15.0.